The zero-order valence-electron chi connectivity index (χ0n) is 13.2. The number of anilines is 1. The van der Waals surface area contributed by atoms with Crippen LogP contribution in [0.2, 0.25) is 0 Å². The second-order valence-electron chi connectivity index (χ2n) is 4.98. The van der Waals surface area contributed by atoms with Crippen LogP contribution in [0, 0.1) is 5.82 Å². The fourth-order valence-electron chi connectivity index (χ4n) is 2.05. The number of nitrogens with one attached hydrogen (secondary N) is 1. The predicted octanol–water partition coefficient (Wildman–Crippen LogP) is 3.80. The van der Waals surface area contributed by atoms with Crippen LogP contribution in [-0.2, 0) is 14.3 Å². The Morgan fingerprint density at radius 3 is 2.42 bits per heavy atom. The number of hydrogen-bond acceptors (Lipinski definition) is 4. The highest BCUT2D eigenvalue weighted by Gasteiger charge is 2.21. The average molecular weight is 347 g/mol. The highest BCUT2D eigenvalue weighted by Crippen LogP contribution is 2.30. The van der Waals surface area contributed by atoms with Crippen LogP contribution in [0.4, 0.5) is 10.1 Å². The average Bonchev–Trinajstić information content (AvgIpc) is 2.61. The summed E-state index contributed by atoms with van der Waals surface area (Å²) >= 11 is 1.36. The molecule has 0 bridgehead atoms. The third-order valence-corrected chi connectivity index (χ3v) is 4.53. The van der Waals surface area contributed by atoms with Crippen molar-refractivity contribution in [3.8, 4) is 0 Å². The van der Waals surface area contributed by atoms with Gasteiger partial charge in [-0.2, -0.15) is 0 Å². The van der Waals surface area contributed by atoms with E-state index in [2.05, 4.69) is 10.1 Å². The Morgan fingerprint density at radius 1 is 1.12 bits per heavy atom. The van der Waals surface area contributed by atoms with Gasteiger partial charge in [-0.15, -0.1) is 11.8 Å². The molecule has 2 rings (SSSR count). The second kappa shape index (κ2) is 9.08. The van der Waals surface area contributed by atoms with Crippen LogP contribution in [0.5, 0.6) is 0 Å². The minimum absolute atomic E-state index is 0.220. The van der Waals surface area contributed by atoms with Crippen LogP contribution < -0.4 is 5.32 Å². The summed E-state index contributed by atoms with van der Waals surface area (Å²) in [5.41, 5.74) is 1.36. The van der Waals surface area contributed by atoms with Gasteiger partial charge in [0.25, 0.3) is 0 Å². The SMILES string of the molecule is COC(=O)CCSC(C(=O)Nc1ccc(F)cc1)c1ccccc1. The van der Waals surface area contributed by atoms with Gasteiger partial charge in [0.2, 0.25) is 5.91 Å². The molecule has 0 fully saturated rings. The molecule has 0 spiro atoms. The standard InChI is InChI=1S/C18H18FNO3S/c1-23-16(21)11-12-24-17(13-5-3-2-4-6-13)18(22)20-15-9-7-14(19)8-10-15/h2-10,17H,11-12H2,1H3,(H,20,22). The molecule has 0 saturated heterocycles. The van der Waals surface area contributed by atoms with Gasteiger partial charge in [0, 0.05) is 11.4 Å². The molecular weight excluding hydrogens is 329 g/mol. The summed E-state index contributed by atoms with van der Waals surface area (Å²) in [4.78, 5) is 23.9. The third-order valence-electron chi connectivity index (χ3n) is 3.27. The maximum atomic E-state index is 13.0. The molecule has 1 unspecified atom stereocenters. The molecule has 0 aliphatic heterocycles. The van der Waals surface area contributed by atoms with E-state index in [-0.39, 0.29) is 24.1 Å². The van der Waals surface area contributed by atoms with Crippen molar-refractivity contribution in [3.63, 3.8) is 0 Å². The predicted molar refractivity (Wildman–Crippen MR) is 93.3 cm³/mol. The zero-order chi connectivity index (χ0) is 17.4. The zero-order valence-corrected chi connectivity index (χ0v) is 14.0. The molecule has 1 N–H and O–H groups in total. The molecule has 0 saturated carbocycles. The van der Waals surface area contributed by atoms with Gasteiger partial charge < -0.3 is 10.1 Å². The molecule has 0 heterocycles. The highest BCUT2D eigenvalue weighted by atomic mass is 32.2. The number of hydrogen-bond donors (Lipinski definition) is 1. The van der Waals surface area contributed by atoms with Crippen molar-refractivity contribution >= 4 is 29.3 Å². The lowest BCUT2D eigenvalue weighted by Crippen LogP contribution is -2.19. The summed E-state index contributed by atoms with van der Waals surface area (Å²) in [6.07, 6.45) is 0.230. The Morgan fingerprint density at radius 2 is 1.79 bits per heavy atom. The van der Waals surface area contributed by atoms with Gasteiger partial charge in [-0.05, 0) is 29.8 Å². The monoisotopic (exact) mass is 347 g/mol. The summed E-state index contributed by atoms with van der Waals surface area (Å²) in [5, 5.41) is 2.31. The summed E-state index contributed by atoms with van der Waals surface area (Å²) < 4.78 is 17.6. The van der Waals surface area contributed by atoms with Crippen LogP contribution in [0.15, 0.2) is 54.6 Å². The smallest absolute Gasteiger partial charge is 0.306 e. The molecular formula is C18H18FNO3S. The number of halogens is 1. The van der Waals surface area contributed by atoms with Crippen molar-refractivity contribution in [1.29, 1.82) is 0 Å². The van der Waals surface area contributed by atoms with Gasteiger partial charge in [0.1, 0.15) is 11.1 Å². The van der Waals surface area contributed by atoms with Gasteiger partial charge in [-0.1, -0.05) is 30.3 Å². The van der Waals surface area contributed by atoms with E-state index < -0.39 is 5.25 Å². The molecule has 0 radical (unpaired) electrons. The van der Waals surface area contributed by atoms with E-state index in [0.29, 0.717) is 11.4 Å². The Labute approximate surface area is 144 Å². The maximum absolute atomic E-state index is 13.0. The normalized spacial score (nSPS) is 11.6. The Balaban J connectivity index is 2.07. The van der Waals surface area contributed by atoms with E-state index in [4.69, 9.17) is 0 Å². The number of carbonyl (C=O) groups is 2. The number of carbonyl (C=O) groups excluding carboxylic acids is 2. The Kier molecular flexibility index (Phi) is 6.81. The molecule has 4 nitrogen and oxygen atoms in total. The van der Waals surface area contributed by atoms with E-state index in [9.17, 15) is 14.0 Å². The van der Waals surface area contributed by atoms with Crippen LogP contribution in [0.25, 0.3) is 0 Å². The molecule has 0 aromatic heterocycles. The lowest BCUT2D eigenvalue weighted by atomic mass is 10.1. The largest absolute Gasteiger partial charge is 0.469 e. The van der Waals surface area contributed by atoms with Crippen molar-refractivity contribution in [3.05, 3.63) is 66.0 Å². The number of methoxy groups -OCH3 is 1. The van der Waals surface area contributed by atoms with E-state index in [0.717, 1.165) is 5.56 Å². The fraction of sp³-hybridized carbons (Fsp3) is 0.222. The van der Waals surface area contributed by atoms with Gasteiger partial charge in [-0.3, -0.25) is 9.59 Å². The Hall–Kier alpha value is -2.34. The molecule has 0 aliphatic rings. The van der Waals surface area contributed by atoms with Crippen LogP contribution in [-0.4, -0.2) is 24.7 Å². The van der Waals surface area contributed by atoms with E-state index >= 15 is 0 Å². The first-order valence-corrected chi connectivity index (χ1v) is 8.45. The van der Waals surface area contributed by atoms with Crippen LogP contribution in [0.3, 0.4) is 0 Å². The lowest BCUT2D eigenvalue weighted by Gasteiger charge is -2.17. The molecule has 1 amide bonds. The molecule has 2 aromatic rings. The third kappa shape index (κ3) is 5.38. The lowest BCUT2D eigenvalue weighted by molar-refractivity contribution is -0.140. The van der Waals surface area contributed by atoms with Crippen molar-refractivity contribution in [2.75, 3.05) is 18.2 Å². The number of thioether (sulfide) groups is 1. The summed E-state index contributed by atoms with van der Waals surface area (Å²) in [7, 11) is 1.34. The topological polar surface area (TPSA) is 55.4 Å². The van der Waals surface area contributed by atoms with Crippen molar-refractivity contribution in [2.24, 2.45) is 0 Å². The molecule has 6 heteroatoms. The van der Waals surface area contributed by atoms with Crippen molar-refractivity contribution < 1.29 is 18.7 Å². The van der Waals surface area contributed by atoms with Gasteiger partial charge in [0.15, 0.2) is 0 Å². The van der Waals surface area contributed by atoms with Gasteiger partial charge in [-0.25, -0.2) is 4.39 Å². The molecule has 24 heavy (non-hydrogen) atoms. The molecule has 2 aromatic carbocycles. The maximum Gasteiger partial charge on any atom is 0.306 e. The minimum atomic E-state index is -0.471. The fourth-order valence-corrected chi connectivity index (χ4v) is 3.13. The summed E-state index contributed by atoms with van der Waals surface area (Å²) in [6, 6.07) is 14.9. The van der Waals surface area contributed by atoms with Gasteiger partial charge >= 0.3 is 5.97 Å². The highest BCUT2D eigenvalue weighted by molar-refractivity contribution is 8.00. The van der Waals surface area contributed by atoms with E-state index in [1.807, 2.05) is 30.3 Å². The molecule has 0 aliphatic carbocycles. The van der Waals surface area contributed by atoms with Crippen molar-refractivity contribution in [2.45, 2.75) is 11.7 Å². The first-order chi connectivity index (χ1) is 11.6. The summed E-state index contributed by atoms with van der Waals surface area (Å²) in [5.74, 6) is -0.431. The molecule has 1 atom stereocenters. The number of amides is 1. The van der Waals surface area contributed by atoms with Gasteiger partial charge in [0.05, 0.1) is 13.5 Å². The molecule has 126 valence electrons. The number of esters is 1. The summed E-state index contributed by atoms with van der Waals surface area (Å²) in [6.45, 7) is 0. The number of rotatable bonds is 7. The number of ether oxygens (including phenoxy) is 1. The second-order valence-corrected chi connectivity index (χ2v) is 6.20. The van der Waals surface area contributed by atoms with E-state index in [1.54, 1.807) is 0 Å². The first kappa shape index (κ1) is 18.0. The number of benzene rings is 2. The first-order valence-electron chi connectivity index (χ1n) is 7.40. The Bertz CT molecular complexity index is 676. The minimum Gasteiger partial charge on any atom is -0.469 e. The van der Waals surface area contributed by atoms with Crippen LogP contribution in [0.1, 0.15) is 17.2 Å². The quantitative estimate of drug-likeness (QED) is 0.774. The van der Waals surface area contributed by atoms with Crippen LogP contribution >= 0.6 is 11.8 Å². The van der Waals surface area contributed by atoms with Crippen molar-refractivity contribution in [1.82, 2.24) is 0 Å². The van der Waals surface area contributed by atoms with E-state index in [1.165, 1.54) is 43.1 Å².